The fourth-order valence-corrected chi connectivity index (χ4v) is 1.61. The average Bonchev–Trinajstić information content (AvgIpc) is 2.27. The number of rotatable bonds is 5. The maximum Gasteiger partial charge on any atom is 0.416 e. The molecule has 0 aliphatic carbocycles. The molecule has 1 rings (SSSR count). The second-order valence-electron chi connectivity index (χ2n) is 5.27. The highest BCUT2D eigenvalue weighted by molar-refractivity contribution is 5.29. The van der Waals surface area contributed by atoms with Crippen LogP contribution in [0.5, 0.6) is 0 Å². The van der Waals surface area contributed by atoms with E-state index in [4.69, 9.17) is 0 Å². The van der Waals surface area contributed by atoms with E-state index in [1.165, 1.54) is 12.1 Å². The predicted molar refractivity (Wildman–Crippen MR) is 68.6 cm³/mol. The molecule has 0 bridgehead atoms. The Kier molecular flexibility index (Phi) is 4.98. The Morgan fingerprint density at radius 2 is 1.79 bits per heavy atom. The van der Waals surface area contributed by atoms with Crippen molar-refractivity contribution in [2.24, 2.45) is 5.92 Å². The maximum absolute atomic E-state index is 12.8. The minimum Gasteiger partial charge on any atom is -0.389 e. The van der Waals surface area contributed by atoms with E-state index >= 15 is 0 Å². The van der Waals surface area contributed by atoms with Gasteiger partial charge in [-0.2, -0.15) is 13.2 Å². The number of hydrogen-bond acceptors (Lipinski definition) is 2. The highest BCUT2D eigenvalue weighted by atomic mass is 19.4. The van der Waals surface area contributed by atoms with Gasteiger partial charge >= 0.3 is 6.18 Å². The van der Waals surface area contributed by atoms with Crippen LogP contribution in [-0.4, -0.2) is 17.3 Å². The Hall–Kier alpha value is -1.07. The summed E-state index contributed by atoms with van der Waals surface area (Å²) in [6.07, 6.45) is -4.35. The van der Waals surface area contributed by atoms with Gasteiger partial charge in [0.15, 0.2) is 0 Å². The molecule has 19 heavy (non-hydrogen) atoms. The molecular formula is C14H20F3NO. The molecule has 2 N–H and O–H groups in total. The first-order valence-electron chi connectivity index (χ1n) is 6.23. The van der Waals surface area contributed by atoms with Gasteiger partial charge < -0.3 is 10.4 Å². The molecule has 1 aromatic rings. The fourth-order valence-electron chi connectivity index (χ4n) is 1.61. The van der Waals surface area contributed by atoms with Crippen LogP contribution in [-0.2, 0) is 12.7 Å². The number of benzene rings is 1. The summed E-state index contributed by atoms with van der Waals surface area (Å²) in [4.78, 5) is 0. The number of halogens is 3. The molecule has 0 radical (unpaired) electrons. The van der Waals surface area contributed by atoms with Crippen molar-refractivity contribution in [2.45, 2.75) is 39.1 Å². The topological polar surface area (TPSA) is 32.3 Å². The lowest BCUT2D eigenvalue weighted by molar-refractivity contribution is -0.138. The molecule has 0 saturated carbocycles. The smallest absolute Gasteiger partial charge is 0.389 e. The van der Waals surface area contributed by atoms with Crippen LogP contribution in [0.15, 0.2) is 24.3 Å². The first kappa shape index (κ1) is 16.0. The van der Waals surface area contributed by atoms with Crippen molar-refractivity contribution in [1.29, 1.82) is 0 Å². The van der Waals surface area contributed by atoms with Gasteiger partial charge in [-0.05, 0) is 24.5 Å². The molecule has 1 atom stereocenters. The van der Waals surface area contributed by atoms with Gasteiger partial charge in [0.05, 0.1) is 11.2 Å². The molecule has 1 unspecified atom stereocenters. The van der Waals surface area contributed by atoms with Crippen LogP contribution in [0.2, 0.25) is 0 Å². The van der Waals surface area contributed by atoms with E-state index in [2.05, 4.69) is 5.32 Å². The summed E-state index contributed by atoms with van der Waals surface area (Å²) in [5.41, 5.74) is -1.38. The van der Waals surface area contributed by atoms with Crippen molar-refractivity contribution in [3.63, 3.8) is 0 Å². The molecule has 2 nitrogen and oxygen atoms in total. The lowest BCUT2D eigenvalue weighted by Crippen LogP contribution is -2.42. The lowest BCUT2D eigenvalue weighted by atomic mass is 9.92. The second kappa shape index (κ2) is 5.92. The summed E-state index contributed by atoms with van der Waals surface area (Å²) >= 11 is 0. The molecule has 0 aliphatic heterocycles. The Labute approximate surface area is 111 Å². The summed E-state index contributed by atoms with van der Waals surface area (Å²) in [6, 6.07) is 5.46. The van der Waals surface area contributed by atoms with E-state index in [9.17, 15) is 18.3 Å². The Morgan fingerprint density at radius 3 is 2.32 bits per heavy atom. The third kappa shape index (κ3) is 4.51. The average molecular weight is 275 g/mol. The van der Waals surface area contributed by atoms with Crippen molar-refractivity contribution < 1.29 is 18.3 Å². The van der Waals surface area contributed by atoms with Gasteiger partial charge in [-0.25, -0.2) is 0 Å². The van der Waals surface area contributed by atoms with Crippen LogP contribution < -0.4 is 5.32 Å². The second-order valence-corrected chi connectivity index (χ2v) is 5.27. The zero-order valence-corrected chi connectivity index (χ0v) is 11.4. The summed E-state index contributed by atoms with van der Waals surface area (Å²) in [5.74, 6) is 0.0258. The molecule has 0 spiro atoms. The molecule has 0 aliphatic rings. The normalized spacial score (nSPS) is 15.6. The first-order valence-corrected chi connectivity index (χ1v) is 6.23. The summed E-state index contributed by atoms with van der Waals surface area (Å²) in [7, 11) is 0. The molecule has 0 heterocycles. The quantitative estimate of drug-likeness (QED) is 0.865. The fraction of sp³-hybridized carbons (Fsp3) is 0.571. The summed E-state index contributed by atoms with van der Waals surface area (Å²) in [6.45, 7) is 5.73. The zero-order valence-electron chi connectivity index (χ0n) is 11.4. The van der Waals surface area contributed by atoms with Gasteiger partial charge in [0, 0.05) is 13.1 Å². The first-order chi connectivity index (χ1) is 8.64. The van der Waals surface area contributed by atoms with E-state index < -0.39 is 17.3 Å². The summed E-state index contributed by atoms with van der Waals surface area (Å²) < 4.78 is 38.3. The Balaban J connectivity index is 2.69. The predicted octanol–water partition coefficient (Wildman–Crippen LogP) is 3.20. The van der Waals surface area contributed by atoms with Crippen molar-refractivity contribution in [1.82, 2.24) is 5.32 Å². The molecule has 108 valence electrons. The van der Waals surface area contributed by atoms with Gasteiger partial charge in [0.1, 0.15) is 0 Å². The SMILES string of the molecule is CC(C)C(C)(O)CNCc1ccccc1C(F)(F)F. The van der Waals surface area contributed by atoms with E-state index in [1.807, 2.05) is 13.8 Å². The van der Waals surface area contributed by atoms with Crippen LogP contribution in [0, 0.1) is 5.92 Å². The third-order valence-corrected chi connectivity index (χ3v) is 3.36. The van der Waals surface area contributed by atoms with Crippen molar-refractivity contribution >= 4 is 0 Å². The third-order valence-electron chi connectivity index (χ3n) is 3.36. The molecule has 0 fully saturated rings. The standard InChI is InChI=1S/C14H20F3NO/c1-10(2)13(3,19)9-18-8-11-6-4-5-7-12(11)14(15,16)17/h4-7,10,18-19H,8-9H2,1-3H3. The van der Waals surface area contributed by atoms with Crippen LogP contribution in [0.1, 0.15) is 31.9 Å². The largest absolute Gasteiger partial charge is 0.416 e. The minimum absolute atomic E-state index is 0.0258. The van der Waals surface area contributed by atoms with Gasteiger partial charge in [-0.15, -0.1) is 0 Å². The van der Waals surface area contributed by atoms with Crippen LogP contribution in [0.3, 0.4) is 0 Å². The van der Waals surface area contributed by atoms with Crippen LogP contribution in [0.4, 0.5) is 13.2 Å². The van der Waals surface area contributed by atoms with Gasteiger partial charge in [0.25, 0.3) is 0 Å². The van der Waals surface area contributed by atoms with Crippen LogP contribution >= 0.6 is 0 Å². The van der Waals surface area contributed by atoms with Crippen LogP contribution in [0.25, 0.3) is 0 Å². The van der Waals surface area contributed by atoms with Crippen molar-refractivity contribution in [3.05, 3.63) is 35.4 Å². The highest BCUT2D eigenvalue weighted by Crippen LogP contribution is 2.31. The van der Waals surface area contributed by atoms with Crippen molar-refractivity contribution in [3.8, 4) is 0 Å². The summed E-state index contributed by atoms with van der Waals surface area (Å²) in [5, 5.41) is 12.9. The van der Waals surface area contributed by atoms with E-state index in [0.717, 1.165) is 6.07 Å². The number of aliphatic hydroxyl groups is 1. The van der Waals surface area contributed by atoms with Gasteiger partial charge in [0.2, 0.25) is 0 Å². The molecule has 5 heteroatoms. The monoisotopic (exact) mass is 275 g/mol. The zero-order chi connectivity index (χ0) is 14.7. The molecule has 0 saturated heterocycles. The van der Waals surface area contributed by atoms with E-state index in [-0.39, 0.29) is 24.6 Å². The number of hydrogen-bond donors (Lipinski definition) is 2. The van der Waals surface area contributed by atoms with Gasteiger partial charge in [-0.1, -0.05) is 32.0 Å². The molecular weight excluding hydrogens is 255 g/mol. The van der Waals surface area contributed by atoms with E-state index in [1.54, 1.807) is 13.0 Å². The Morgan fingerprint density at radius 1 is 1.21 bits per heavy atom. The molecule has 0 amide bonds. The Bertz CT molecular complexity index is 413. The number of nitrogens with one attached hydrogen (secondary N) is 1. The maximum atomic E-state index is 12.8. The van der Waals surface area contributed by atoms with Crippen molar-refractivity contribution in [2.75, 3.05) is 6.54 Å². The molecule has 0 aromatic heterocycles. The highest BCUT2D eigenvalue weighted by Gasteiger charge is 2.33. The lowest BCUT2D eigenvalue weighted by Gasteiger charge is -2.28. The van der Waals surface area contributed by atoms with E-state index in [0.29, 0.717) is 0 Å². The number of alkyl halides is 3. The molecule has 1 aromatic carbocycles. The minimum atomic E-state index is -4.35. The van der Waals surface area contributed by atoms with Gasteiger partial charge in [-0.3, -0.25) is 0 Å².